The van der Waals surface area contributed by atoms with Crippen LogP contribution in [0.3, 0.4) is 0 Å². The van der Waals surface area contributed by atoms with Crippen LogP contribution >= 0.6 is 11.3 Å². The zero-order valence-electron chi connectivity index (χ0n) is 13.6. The van der Waals surface area contributed by atoms with E-state index in [0.717, 1.165) is 10.4 Å². The van der Waals surface area contributed by atoms with Gasteiger partial charge in [-0.3, -0.25) is 4.79 Å². The van der Waals surface area contributed by atoms with E-state index in [1.807, 2.05) is 42.5 Å². The van der Waals surface area contributed by atoms with Gasteiger partial charge in [0.1, 0.15) is 11.8 Å². The Labute approximate surface area is 150 Å². The van der Waals surface area contributed by atoms with Crippen molar-refractivity contribution in [2.75, 3.05) is 7.11 Å². The van der Waals surface area contributed by atoms with Crippen LogP contribution in [-0.2, 0) is 0 Å². The average molecular weight is 345 g/mol. The fourth-order valence-electron chi connectivity index (χ4n) is 2.36. The number of thiophene rings is 1. The monoisotopic (exact) mass is 345 g/mol. The van der Waals surface area contributed by atoms with Gasteiger partial charge in [0.15, 0.2) is 0 Å². The molecule has 0 saturated heterocycles. The largest absolute Gasteiger partial charge is 0.497 e. The second-order valence-corrected chi connectivity index (χ2v) is 6.39. The molecule has 1 aromatic heterocycles. The maximum Gasteiger partial charge on any atom is 0.202 e. The Morgan fingerprint density at radius 1 is 1.00 bits per heavy atom. The molecule has 3 aromatic rings. The van der Waals surface area contributed by atoms with E-state index >= 15 is 0 Å². The molecule has 0 spiro atoms. The van der Waals surface area contributed by atoms with Crippen molar-refractivity contribution in [2.45, 2.75) is 0 Å². The lowest BCUT2D eigenvalue weighted by Crippen LogP contribution is -1.98. The molecule has 0 amide bonds. The molecule has 1 heterocycles. The maximum atomic E-state index is 12.6. The van der Waals surface area contributed by atoms with Gasteiger partial charge in [0.05, 0.1) is 17.6 Å². The summed E-state index contributed by atoms with van der Waals surface area (Å²) < 4.78 is 5.11. The predicted octanol–water partition coefficient (Wildman–Crippen LogP) is 5.05. The van der Waals surface area contributed by atoms with Crippen LogP contribution in [0, 0.1) is 11.3 Å². The lowest BCUT2D eigenvalue weighted by atomic mass is 10.1. The number of rotatable bonds is 5. The highest BCUT2D eigenvalue weighted by molar-refractivity contribution is 7.15. The summed E-state index contributed by atoms with van der Waals surface area (Å²) in [7, 11) is 1.59. The third-order valence-electron chi connectivity index (χ3n) is 3.68. The minimum atomic E-state index is -0.0593. The number of allylic oxidation sites excluding steroid dienone is 1. The van der Waals surface area contributed by atoms with E-state index in [2.05, 4.69) is 6.07 Å². The van der Waals surface area contributed by atoms with Crippen LogP contribution < -0.4 is 4.74 Å². The molecule has 3 nitrogen and oxygen atoms in total. The first-order chi connectivity index (χ1) is 12.2. The number of ketones is 1. The Morgan fingerprint density at radius 3 is 2.32 bits per heavy atom. The Hall–Kier alpha value is -3.16. The van der Waals surface area contributed by atoms with Crippen LogP contribution in [-0.4, -0.2) is 12.9 Å². The number of carbonyl (C=O) groups excluding carboxylic acids is 1. The van der Waals surface area contributed by atoms with Crippen LogP contribution in [0.1, 0.15) is 25.7 Å². The zero-order chi connectivity index (χ0) is 17.6. The van der Waals surface area contributed by atoms with Gasteiger partial charge in [0.25, 0.3) is 0 Å². The molecule has 0 radical (unpaired) electrons. The summed E-state index contributed by atoms with van der Waals surface area (Å²) in [5, 5.41) is 9.45. The molecule has 0 aliphatic heterocycles. The Morgan fingerprint density at radius 2 is 1.68 bits per heavy atom. The Balaban J connectivity index is 1.87. The second-order valence-electron chi connectivity index (χ2n) is 5.30. The van der Waals surface area contributed by atoms with Gasteiger partial charge in [-0.15, -0.1) is 11.3 Å². The van der Waals surface area contributed by atoms with E-state index in [4.69, 9.17) is 4.74 Å². The normalized spacial score (nSPS) is 11.0. The van der Waals surface area contributed by atoms with Crippen molar-refractivity contribution < 1.29 is 9.53 Å². The molecule has 2 aromatic carbocycles. The second kappa shape index (κ2) is 7.61. The first-order valence-corrected chi connectivity index (χ1v) is 8.48. The third-order valence-corrected chi connectivity index (χ3v) is 4.80. The highest BCUT2D eigenvalue weighted by Gasteiger charge is 2.14. The van der Waals surface area contributed by atoms with E-state index in [1.165, 1.54) is 11.3 Å². The van der Waals surface area contributed by atoms with Crippen molar-refractivity contribution in [3.8, 4) is 11.8 Å². The van der Waals surface area contributed by atoms with Gasteiger partial charge < -0.3 is 4.74 Å². The lowest BCUT2D eigenvalue weighted by Gasteiger charge is -2.01. The summed E-state index contributed by atoms with van der Waals surface area (Å²) in [4.78, 5) is 14.0. The van der Waals surface area contributed by atoms with Gasteiger partial charge in [-0.25, -0.2) is 0 Å². The van der Waals surface area contributed by atoms with Gasteiger partial charge in [-0.2, -0.15) is 5.26 Å². The molecule has 0 unspecified atom stereocenters. The fraction of sp³-hybridized carbons (Fsp3) is 0.0476. The molecule has 25 heavy (non-hydrogen) atoms. The van der Waals surface area contributed by atoms with E-state index < -0.39 is 0 Å². The molecule has 4 heteroatoms. The topological polar surface area (TPSA) is 50.1 Å². The first kappa shape index (κ1) is 16.7. The molecule has 0 saturated carbocycles. The molecule has 122 valence electrons. The van der Waals surface area contributed by atoms with Crippen molar-refractivity contribution in [3.05, 3.63) is 87.6 Å². The quantitative estimate of drug-likeness (QED) is 0.480. The number of methoxy groups -OCH3 is 1. The van der Waals surface area contributed by atoms with Crippen molar-refractivity contribution in [3.63, 3.8) is 0 Å². The Bertz CT molecular complexity index is 948. The van der Waals surface area contributed by atoms with E-state index in [9.17, 15) is 10.1 Å². The molecule has 0 atom stereocenters. The van der Waals surface area contributed by atoms with E-state index in [-0.39, 0.29) is 5.78 Å². The van der Waals surface area contributed by atoms with Gasteiger partial charge in [-0.05, 0) is 48.0 Å². The summed E-state index contributed by atoms with van der Waals surface area (Å²) in [6, 6.07) is 22.5. The van der Waals surface area contributed by atoms with Crippen LogP contribution in [0.4, 0.5) is 0 Å². The highest BCUT2D eigenvalue weighted by Crippen LogP contribution is 2.27. The summed E-state index contributed by atoms with van der Waals surface area (Å²) >= 11 is 1.33. The number of ether oxygens (including phenoxy) is 1. The minimum Gasteiger partial charge on any atom is -0.497 e. The summed E-state index contributed by atoms with van der Waals surface area (Å²) in [5.41, 5.74) is 2.10. The smallest absolute Gasteiger partial charge is 0.202 e. The number of hydrogen-bond acceptors (Lipinski definition) is 4. The standard InChI is InChI=1S/C21H15NO2S/c1-24-18-9-7-16(8-10-18)21(23)20-12-11-19(25-20)17(14-22)13-15-5-3-2-4-6-15/h2-13H,1H3. The SMILES string of the molecule is COc1ccc(C(=O)c2ccc(C(C#N)=Cc3ccccc3)s2)cc1. The predicted molar refractivity (Wildman–Crippen MR) is 101 cm³/mol. The van der Waals surface area contributed by atoms with Crippen LogP contribution in [0.25, 0.3) is 11.6 Å². The number of nitrogens with zero attached hydrogens (tertiary/aromatic N) is 1. The average Bonchev–Trinajstić information content (AvgIpc) is 3.16. The van der Waals surface area contributed by atoms with E-state index in [1.54, 1.807) is 37.4 Å². The number of carbonyl (C=O) groups is 1. The van der Waals surface area contributed by atoms with Crippen LogP contribution in [0.5, 0.6) is 5.75 Å². The molecule has 3 rings (SSSR count). The van der Waals surface area contributed by atoms with Gasteiger partial charge in [0.2, 0.25) is 5.78 Å². The fourth-order valence-corrected chi connectivity index (χ4v) is 3.30. The molecular weight excluding hydrogens is 330 g/mol. The van der Waals surface area contributed by atoms with E-state index in [0.29, 0.717) is 21.8 Å². The third kappa shape index (κ3) is 3.85. The van der Waals surface area contributed by atoms with Gasteiger partial charge >= 0.3 is 0 Å². The Kier molecular flexibility index (Phi) is 5.08. The maximum absolute atomic E-state index is 12.6. The summed E-state index contributed by atoms with van der Waals surface area (Å²) in [6.45, 7) is 0. The van der Waals surface area contributed by atoms with Crippen LogP contribution in [0.15, 0.2) is 66.7 Å². The lowest BCUT2D eigenvalue weighted by molar-refractivity contribution is 0.104. The van der Waals surface area contributed by atoms with Crippen molar-refractivity contribution >= 4 is 28.8 Å². The summed E-state index contributed by atoms with van der Waals surface area (Å²) in [6.07, 6.45) is 1.83. The van der Waals surface area contributed by atoms with Gasteiger partial charge in [-0.1, -0.05) is 30.3 Å². The van der Waals surface area contributed by atoms with Gasteiger partial charge in [0, 0.05) is 10.4 Å². The number of hydrogen-bond donors (Lipinski definition) is 0. The highest BCUT2D eigenvalue weighted by atomic mass is 32.1. The van der Waals surface area contributed by atoms with Crippen molar-refractivity contribution in [1.29, 1.82) is 5.26 Å². The minimum absolute atomic E-state index is 0.0593. The first-order valence-electron chi connectivity index (χ1n) is 7.67. The molecule has 0 aliphatic carbocycles. The van der Waals surface area contributed by atoms with Crippen LogP contribution in [0.2, 0.25) is 0 Å². The molecule has 0 aliphatic rings. The molecule has 0 N–H and O–H groups in total. The number of benzene rings is 2. The van der Waals surface area contributed by atoms with Crippen molar-refractivity contribution in [1.82, 2.24) is 0 Å². The molecular formula is C21H15NO2S. The molecule has 0 fully saturated rings. The zero-order valence-corrected chi connectivity index (χ0v) is 14.4. The van der Waals surface area contributed by atoms with Crippen molar-refractivity contribution in [2.24, 2.45) is 0 Å². The molecule has 0 bridgehead atoms. The number of nitriles is 1. The summed E-state index contributed by atoms with van der Waals surface area (Å²) in [5.74, 6) is 0.650.